The molecular formula is C47H50BrNO14. The molecule has 0 aromatic heterocycles. The van der Waals surface area contributed by atoms with E-state index in [0.717, 1.165) is 13.8 Å². The van der Waals surface area contributed by atoms with Gasteiger partial charge in [-0.3, -0.25) is 19.2 Å². The standard InChI is InChI=1S/C47H50BrNO14/c1-24-31(61-43(57)36(53)35(27-17-19-30(48)20-18-27)49-41(55)28-13-9-7-10-14-28)22-47(58)40(62-42(56)29-15-11-8-12-16-29)38-45(6,32(52)21-33-46(38,23-59-33)63-26(3)51)39(54)37(60-25(2)50)34(24)44(47,4)5/h7-20,31-33,35-38,40,52-53,58H,21-23H2,1-6H3,(H,49,55)/t31-,32-,33+,35-,36+,37+,38-,40-,45+,46-,47+/m0/s1. The molecule has 2 bridgehead atoms. The van der Waals surface area contributed by atoms with E-state index in [4.69, 9.17) is 23.7 Å². The third-order valence-corrected chi connectivity index (χ3v) is 14.1. The highest BCUT2D eigenvalue weighted by molar-refractivity contribution is 9.10. The van der Waals surface area contributed by atoms with Gasteiger partial charge in [0.1, 0.15) is 23.9 Å². The Balaban J connectivity index is 1.39. The summed E-state index contributed by atoms with van der Waals surface area (Å²) in [7, 11) is 0. The molecular weight excluding hydrogens is 882 g/mol. The molecule has 3 aromatic carbocycles. The number of aliphatic hydroxyl groups excluding tert-OH is 2. The number of Topliss-reactive ketones (excluding diaryl/α,β-unsaturated/α-hetero) is 1. The maximum absolute atomic E-state index is 15.5. The van der Waals surface area contributed by atoms with Gasteiger partial charge < -0.3 is 44.3 Å². The van der Waals surface area contributed by atoms with Gasteiger partial charge in [-0.15, -0.1) is 0 Å². The van der Waals surface area contributed by atoms with Crippen molar-refractivity contribution in [2.75, 3.05) is 6.61 Å². The number of fused-ring (bicyclic) bond motifs is 5. The molecule has 0 unspecified atom stereocenters. The Bertz CT molecular complexity index is 2340. The molecule has 3 aromatic rings. The molecule has 3 fully saturated rings. The fourth-order valence-electron chi connectivity index (χ4n) is 10.2. The molecule has 63 heavy (non-hydrogen) atoms. The number of hydrogen-bond acceptors (Lipinski definition) is 14. The molecule has 1 saturated heterocycles. The number of nitrogens with one attached hydrogen (secondary N) is 1. The van der Waals surface area contributed by atoms with Crippen LogP contribution in [0.3, 0.4) is 0 Å². The van der Waals surface area contributed by atoms with Crippen molar-refractivity contribution in [3.63, 3.8) is 0 Å². The van der Waals surface area contributed by atoms with Crippen molar-refractivity contribution in [3.8, 4) is 0 Å². The van der Waals surface area contributed by atoms with E-state index in [1.54, 1.807) is 86.6 Å². The van der Waals surface area contributed by atoms with Gasteiger partial charge >= 0.3 is 23.9 Å². The topological polar surface area (TPSA) is 221 Å². The summed E-state index contributed by atoms with van der Waals surface area (Å²) >= 11 is 3.38. The second kappa shape index (κ2) is 17.0. The number of ketones is 1. The monoisotopic (exact) mass is 931 g/mol. The smallest absolute Gasteiger partial charge is 0.338 e. The lowest BCUT2D eigenvalue weighted by molar-refractivity contribution is -0.346. The molecule has 1 amide bonds. The fourth-order valence-corrected chi connectivity index (χ4v) is 10.5. The van der Waals surface area contributed by atoms with Gasteiger partial charge in [0.2, 0.25) is 0 Å². The summed E-state index contributed by atoms with van der Waals surface area (Å²) in [5.74, 6) is -6.88. The van der Waals surface area contributed by atoms with E-state index in [1.165, 1.54) is 26.0 Å². The van der Waals surface area contributed by atoms with Crippen LogP contribution < -0.4 is 5.32 Å². The van der Waals surface area contributed by atoms with Crippen molar-refractivity contribution >= 4 is 51.5 Å². The summed E-state index contributed by atoms with van der Waals surface area (Å²) in [6.07, 6.45) is -10.6. The molecule has 4 N–H and O–H groups in total. The van der Waals surface area contributed by atoms with Gasteiger partial charge in [0.05, 0.1) is 35.6 Å². The van der Waals surface area contributed by atoms with E-state index >= 15 is 4.79 Å². The minimum absolute atomic E-state index is 0.00765. The first-order valence-corrected chi connectivity index (χ1v) is 21.4. The summed E-state index contributed by atoms with van der Waals surface area (Å²) < 4.78 is 31.0. The minimum atomic E-state index is -2.40. The first-order chi connectivity index (χ1) is 29.7. The Morgan fingerprint density at radius 2 is 1.46 bits per heavy atom. The van der Waals surface area contributed by atoms with Crippen molar-refractivity contribution < 1.29 is 67.8 Å². The molecule has 15 nitrogen and oxygen atoms in total. The first kappa shape index (κ1) is 45.8. The molecule has 0 spiro atoms. The quantitative estimate of drug-likeness (QED) is 0.125. The predicted octanol–water partition coefficient (Wildman–Crippen LogP) is 4.50. The molecule has 1 aliphatic heterocycles. The lowest BCUT2D eigenvalue weighted by atomic mass is 9.44. The second-order valence-electron chi connectivity index (χ2n) is 17.5. The summed E-state index contributed by atoms with van der Waals surface area (Å²) in [5, 5.41) is 40.3. The van der Waals surface area contributed by atoms with Crippen LogP contribution >= 0.6 is 15.9 Å². The van der Waals surface area contributed by atoms with Gasteiger partial charge in [-0.2, -0.15) is 0 Å². The van der Waals surface area contributed by atoms with Crippen molar-refractivity contribution in [3.05, 3.63) is 117 Å². The number of halogens is 1. The number of hydrogen-bond donors (Lipinski definition) is 4. The normalized spacial score (nSPS) is 31.6. The zero-order valence-corrected chi connectivity index (χ0v) is 37.1. The largest absolute Gasteiger partial charge is 0.456 e. The van der Waals surface area contributed by atoms with Crippen LogP contribution in [0.2, 0.25) is 0 Å². The Kier molecular flexibility index (Phi) is 12.4. The van der Waals surface area contributed by atoms with Crippen LogP contribution in [0.4, 0.5) is 0 Å². The van der Waals surface area contributed by atoms with Crippen LogP contribution in [0.25, 0.3) is 0 Å². The fraction of sp³-hybridized carbons (Fsp3) is 0.447. The number of ether oxygens (including phenoxy) is 5. The van der Waals surface area contributed by atoms with E-state index in [9.17, 15) is 39.3 Å². The maximum Gasteiger partial charge on any atom is 0.338 e. The average Bonchev–Trinajstić information content (AvgIpc) is 3.24. The van der Waals surface area contributed by atoms with Gasteiger partial charge in [-0.25, -0.2) is 9.59 Å². The molecule has 16 heteroatoms. The highest BCUT2D eigenvalue weighted by Crippen LogP contribution is 2.64. The Hall–Kier alpha value is -5.26. The number of amides is 1. The number of carbonyl (C=O) groups is 6. The Morgan fingerprint density at radius 1 is 0.857 bits per heavy atom. The summed E-state index contributed by atoms with van der Waals surface area (Å²) in [4.78, 5) is 83.6. The zero-order valence-electron chi connectivity index (χ0n) is 35.5. The van der Waals surface area contributed by atoms with Gasteiger partial charge in [-0.1, -0.05) is 78.3 Å². The number of benzene rings is 3. The number of carbonyl (C=O) groups excluding carboxylic acids is 6. The molecule has 2 saturated carbocycles. The van der Waals surface area contributed by atoms with Crippen LogP contribution in [0.1, 0.15) is 86.7 Å². The molecule has 3 aliphatic carbocycles. The number of rotatable bonds is 10. The van der Waals surface area contributed by atoms with Crippen LogP contribution in [-0.2, 0) is 42.9 Å². The molecule has 4 aliphatic rings. The molecule has 1 heterocycles. The number of aliphatic hydroxyl groups is 3. The summed E-state index contributed by atoms with van der Waals surface area (Å²) in [5.41, 5.74) is -7.09. The van der Waals surface area contributed by atoms with Crippen molar-refractivity contribution in [2.24, 2.45) is 16.7 Å². The van der Waals surface area contributed by atoms with Gasteiger partial charge in [0.15, 0.2) is 23.6 Å². The highest BCUT2D eigenvalue weighted by atomic mass is 79.9. The van der Waals surface area contributed by atoms with Crippen LogP contribution in [0.5, 0.6) is 0 Å². The highest BCUT2D eigenvalue weighted by Gasteiger charge is 2.78. The van der Waals surface area contributed by atoms with E-state index in [2.05, 4.69) is 21.2 Å². The zero-order chi connectivity index (χ0) is 45.8. The van der Waals surface area contributed by atoms with Crippen LogP contribution in [-0.4, -0.2) is 105 Å². The second-order valence-corrected chi connectivity index (χ2v) is 18.4. The SMILES string of the molecule is CC(=O)O[C@H]1C(=O)[C@@]2(C)[C@H]([C@H](OC(=O)c3ccccc3)[C@]3(O)C[C@H](OC(=O)[C@H](O)[C@@H](NC(=O)c4ccccc4)c4ccc(Br)cc4)C(C)=C1C3(C)C)[C@]1(OC(C)=O)CO[C@@H]1C[C@@H]2O. The molecule has 0 radical (unpaired) electrons. The summed E-state index contributed by atoms with van der Waals surface area (Å²) in [6, 6.07) is 21.2. The average molecular weight is 933 g/mol. The predicted molar refractivity (Wildman–Crippen MR) is 225 cm³/mol. The summed E-state index contributed by atoms with van der Waals surface area (Å²) in [6.45, 7) is 7.96. The third-order valence-electron chi connectivity index (χ3n) is 13.6. The van der Waals surface area contributed by atoms with E-state index < -0.39 is 113 Å². The molecule has 334 valence electrons. The lowest BCUT2D eigenvalue weighted by Crippen LogP contribution is -2.82. The minimum Gasteiger partial charge on any atom is -0.456 e. The molecule has 11 atom stereocenters. The lowest BCUT2D eigenvalue weighted by Gasteiger charge is -2.67. The van der Waals surface area contributed by atoms with Crippen molar-refractivity contribution in [1.29, 1.82) is 0 Å². The van der Waals surface area contributed by atoms with Crippen LogP contribution in [0.15, 0.2) is 101 Å². The van der Waals surface area contributed by atoms with E-state index in [1.807, 2.05) is 0 Å². The van der Waals surface area contributed by atoms with Crippen LogP contribution in [0, 0.1) is 16.7 Å². The maximum atomic E-state index is 15.5. The van der Waals surface area contributed by atoms with E-state index in [-0.39, 0.29) is 35.3 Å². The first-order valence-electron chi connectivity index (χ1n) is 20.6. The van der Waals surface area contributed by atoms with Gasteiger partial charge in [0, 0.05) is 42.1 Å². The van der Waals surface area contributed by atoms with Gasteiger partial charge in [0.25, 0.3) is 5.91 Å². The Morgan fingerprint density at radius 3 is 2.02 bits per heavy atom. The molecule has 7 rings (SSSR count). The van der Waals surface area contributed by atoms with Gasteiger partial charge in [-0.05, 0) is 67.0 Å². The van der Waals surface area contributed by atoms with E-state index in [0.29, 0.717) is 10.0 Å². The third kappa shape index (κ3) is 7.79. The van der Waals surface area contributed by atoms with Crippen molar-refractivity contribution in [2.45, 2.75) is 108 Å². The number of esters is 4. The van der Waals surface area contributed by atoms with Crippen molar-refractivity contribution in [1.82, 2.24) is 5.32 Å². The Labute approximate surface area is 372 Å².